The van der Waals surface area contributed by atoms with Crippen LogP contribution in [0.15, 0.2) is 24.3 Å². The number of carbonyl (C=O) groups is 1. The van der Waals surface area contributed by atoms with Crippen molar-refractivity contribution in [2.45, 2.75) is 6.54 Å². The van der Waals surface area contributed by atoms with Crippen LogP contribution < -0.4 is 0 Å². The van der Waals surface area contributed by atoms with Gasteiger partial charge in [-0.1, -0.05) is 35.1 Å². The van der Waals surface area contributed by atoms with Crippen molar-refractivity contribution < 1.29 is 4.79 Å². The Morgan fingerprint density at radius 1 is 1.28 bits per heavy atom. The predicted octanol–water partition coefficient (Wildman–Crippen LogP) is 3.12. The molecule has 0 radical (unpaired) electrons. The van der Waals surface area contributed by atoms with E-state index in [1.807, 2.05) is 12.1 Å². The summed E-state index contributed by atoms with van der Waals surface area (Å²) >= 11 is 12.5. The summed E-state index contributed by atoms with van der Waals surface area (Å²) in [5, 5.41) is 8.28. The molecule has 0 bridgehead atoms. The molecule has 94 valence electrons. The molecule has 0 aliphatic carbocycles. The molecule has 0 N–H and O–H groups in total. The molecule has 2 rings (SSSR count). The molecule has 0 aliphatic rings. The number of amides is 1. The number of rotatable bonds is 3. The maximum atomic E-state index is 12.0. The minimum Gasteiger partial charge on any atom is -0.335 e. The highest BCUT2D eigenvalue weighted by Crippen LogP contribution is 2.17. The van der Waals surface area contributed by atoms with Gasteiger partial charge in [0.15, 0.2) is 0 Å². The van der Waals surface area contributed by atoms with Crippen LogP contribution in [0.2, 0.25) is 9.49 Å². The van der Waals surface area contributed by atoms with E-state index in [2.05, 4.69) is 10.2 Å². The van der Waals surface area contributed by atoms with Gasteiger partial charge in [-0.05, 0) is 29.3 Å². The second-order valence-electron chi connectivity index (χ2n) is 3.65. The van der Waals surface area contributed by atoms with E-state index in [1.165, 1.54) is 0 Å². The largest absolute Gasteiger partial charge is 0.335 e. The smallest absolute Gasteiger partial charge is 0.284 e. The highest BCUT2D eigenvalue weighted by molar-refractivity contribution is 7.17. The van der Waals surface area contributed by atoms with Crippen molar-refractivity contribution in [1.82, 2.24) is 15.1 Å². The zero-order chi connectivity index (χ0) is 13.1. The van der Waals surface area contributed by atoms with E-state index in [1.54, 1.807) is 24.1 Å². The van der Waals surface area contributed by atoms with E-state index in [0.29, 0.717) is 11.6 Å². The van der Waals surface area contributed by atoms with Crippen molar-refractivity contribution in [3.8, 4) is 0 Å². The van der Waals surface area contributed by atoms with Crippen LogP contribution in [0.25, 0.3) is 0 Å². The van der Waals surface area contributed by atoms with E-state index in [0.717, 1.165) is 16.9 Å². The average molecular weight is 302 g/mol. The fraction of sp³-hybridized carbons (Fsp3) is 0.182. The van der Waals surface area contributed by atoms with Crippen molar-refractivity contribution in [3.05, 3.63) is 44.3 Å². The topological polar surface area (TPSA) is 46.1 Å². The first-order valence-corrected chi connectivity index (χ1v) is 6.62. The standard InChI is InChI=1S/C11H9Cl2N3OS/c1-16(6-7-2-4-8(12)5-3-7)10(17)9-14-15-11(13)18-9/h2-5H,6H2,1H3. The van der Waals surface area contributed by atoms with Crippen molar-refractivity contribution in [1.29, 1.82) is 0 Å². The van der Waals surface area contributed by atoms with Crippen LogP contribution in [0.3, 0.4) is 0 Å². The normalized spacial score (nSPS) is 10.4. The number of nitrogens with zero attached hydrogens (tertiary/aromatic N) is 3. The Hall–Kier alpha value is -1.17. The molecule has 1 heterocycles. The number of hydrogen-bond acceptors (Lipinski definition) is 4. The van der Waals surface area contributed by atoms with Gasteiger partial charge in [0.05, 0.1) is 0 Å². The highest BCUT2D eigenvalue weighted by atomic mass is 35.5. The first kappa shape index (κ1) is 13.3. The molecule has 1 aromatic carbocycles. The van der Waals surface area contributed by atoms with Gasteiger partial charge >= 0.3 is 0 Å². The summed E-state index contributed by atoms with van der Waals surface area (Å²) in [6, 6.07) is 7.33. The summed E-state index contributed by atoms with van der Waals surface area (Å²) in [6.45, 7) is 0.479. The van der Waals surface area contributed by atoms with Crippen LogP contribution in [0.4, 0.5) is 0 Å². The fourth-order valence-electron chi connectivity index (χ4n) is 1.39. The SMILES string of the molecule is CN(Cc1ccc(Cl)cc1)C(=O)c1nnc(Cl)s1. The molecule has 2 aromatic rings. The van der Waals surface area contributed by atoms with Gasteiger partial charge in [0.1, 0.15) is 0 Å². The van der Waals surface area contributed by atoms with Crippen LogP contribution in [-0.4, -0.2) is 28.1 Å². The third-order valence-corrected chi connectivity index (χ3v) is 3.52. The fourth-order valence-corrected chi connectivity index (χ4v) is 2.34. The summed E-state index contributed by atoms with van der Waals surface area (Å²) in [5.41, 5.74) is 0.992. The van der Waals surface area contributed by atoms with Gasteiger partial charge in [0, 0.05) is 18.6 Å². The Kier molecular flexibility index (Phi) is 4.16. The molecule has 0 saturated carbocycles. The number of benzene rings is 1. The third-order valence-electron chi connectivity index (χ3n) is 2.26. The van der Waals surface area contributed by atoms with Gasteiger partial charge < -0.3 is 4.90 Å². The van der Waals surface area contributed by atoms with Gasteiger partial charge in [-0.2, -0.15) is 0 Å². The third kappa shape index (κ3) is 3.19. The summed E-state index contributed by atoms with van der Waals surface area (Å²) in [5.74, 6) is -0.200. The lowest BCUT2D eigenvalue weighted by Crippen LogP contribution is -2.26. The van der Waals surface area contributed by atoms with Crippen LogP contribution in [-0.2, 0) is 6.54 Å². The molecule has 0 aliphatic heterocycles. The van der Waals surface area contributed by atoms with E-state index < -0.39 is 0 Å². The minimum absolute atomic E-state index is 0.200. The molecule has 1 amide bonds. The number of carbonyl (C=O) groups excluding carboxylic acids is 1. The summed E-state index contributed by atoms with van der Waals surface area (Å²) in [7, 11) is 1.70. The first-order chi connectivity index (χ1) is 8.56. The molecule has 7 heteroatoms. The monoisotopic (exact) mass is 301 g/mol. The second kappa shape index (κ2) is 5.65. The van der Waals surface area contributed by atoms with E-state index in [9.17, 15) is 4.79 Å². The molecule has 18 heavy (non-hydrogen) atoms. The maximum absolute atomic E-state index is 12.0. The Morgan fingerprint density at radius 2 is 1.94 bits per heavy atom. The second-order valence-corrected chi connectivity index (χ2v) is 5.64. The lowest BCUT2D eigenvalue weighted by molar-refractivity contribution is 0.0784. The minimum atomic E-state index is -0.200. The molecule has 0 atom stereocenters. The molecule has 4 nitrogen and oxygen atoms in total. The van der Waals surface area contributed by atoms with Gasteiger partial charge in [-0.15, -0.1) is 10.2 Å². The molecular formula is C11H9Cl2N3OS. The lowest BCUT2D eigenvalue weighted by Gasteiger charge is -2.15. The zero-order valence-electron chi connectivity index (χ0n) is 9.43. The molecule has 0 saturated heterocycles. The maximum Gasteiger partial charge on any atom is 0.284 e. The van der Waals surface area contributed by atoms with Crippen LogP contribution in [0.5, 0.6) is 0 Å². The Morgan fingerprint density at radius 3 is 2.50 bits per heavy atom. The summed E-state index contributed by atoms with van der Waals surface area (Å²) in [6.07, 6.45) is 0. The molecular weight excluding hydrogens is 293 g/mol. The van der Waals surface area contributed by atoms with Crippen molar-refractivity contribution in [3.63, 3.8) is 0 Å². The Bertz CT molecular complexity index is 556. The van der Waals surface area contributed by atoms with Gasteiger partial charge in [-0.25, -0.2) is 0 Å². The number of hydrogen-bond donors (Lipinski definition) is 0. The molecule has 0 spiro atoms. The number of halogens is 2. The van der Waals surface area contributed by atoms with Crippen molar-refractivity contribution >= 4 is 40.4 Å². The highest BCUT2D eigenvalue weighted by Gasteiger charge is 2.16. The van der Waals surface area contributed by atoms with Crippen LogP contribution in [0.1, 0.15) is 15.4 Å². The molecule has 0 unspecified atom stereocenters. The number of aromatic nitrogens is 2. The Labute approximate surface area is 118 Å². The van der Waals surface area contributed by atoms with Crippen LogP contribution in [0, 0.1) is 0 Å². The quantitative estimate of drug-likeness (QED) is 0.875. The van der Waals surface area contributed by atoms with Crippen LogP contribution >= 0.6 is 34.5 Å². The average Bonchev–Trinajstić information content (AvgIpc) is 2.78. The Balaban J connectivity index is 2.05. The zero-order valence-corrected chi connectivity index (χ0v) is 11.8. The van der Waals surface area contributed by atoms with Crippen molar-refractivity contribution in [2.24, 2.45) is 0 Å². The predicted molar refractivity (Wildman–Crippen MR) is 72.2 cm³/mol. The van der Waals surface area contributed by atoms with E-state index in [4.69, 9.17) is 23.2 Å². The van der Waals surface area contributed by atoms with E-state index in [-0.39, 0.29) is 15.4 Å². The lowest BCUT2D eigenvalue weighted by atomic mass is 10.2. The molecule has 0 fully saturated rings. The van der Waals surface area contributed by atoms with Gasteiger partial charge in [0.25, 0.3) is 5.91 Å². The van der Waals surface area contributed by atoms with Crippen molar-refractivity contribution in [2.75, 3.05) is 7.05 Å². The van der Waals surface area contributed by atoms with Gasteiger partial charge in [-0.3, -0.25) is 4.79 Å². The van der Waals surface area contributed by atoms with Gasteiger partial charge in [0.2, 0.25) is 9.47 Å². The van der Waals surface area contributed by atoms with E-state index >= 15 is 0 Å². The summed E-state index contributed by atoms with van der Waals surface area (Å²) in [4.78, 5) is 13.5. The molecule has 1 aromatic heterocycles. The first-order valence-electron chi connectivity index (χ1n) is 5.05. The summed E-state index contributed by atoms with van der Waals surface area (Å²) < 4.78 is 0.262.